The van der Waals surface area contributed by atoms with Crippen molar-refractivity contribution in [2.24, 2.45) is 0 Å². The van der Waals surface area contributed by atoms with Crippen LogP contribution in [0.3, 0.4) is 0 Å². The lowest BCUT2D eigenvalue weighted by Crippen LogP contribution is -1.95. The second-order valence-electron chi connectivity index (χ2n) is 6.60. The summed E-state index contributed by atoms with van der Waals surface area (Å²) in [5.74, 6) is 1.88. The van der Waals surface area contributed by atoms with Gasteiger partial charge in [-0.25, -0.2) is 0 Å². The molecule has 5 rings (SSSR count). The van der Waals surface area contributed by atoms with Gasteiger partial charge in [-0.2, -0.15) is 0 Å². The molecule has 0 fully saturated rings. The van der Waals surface area contributed by atoms with Crippen molar-refractivity contribution in [1.29, 1.82) is 0 Å². The Labute approximate surface area is 153 Å². The number of fused-ring (bicyclic) bond motifs is 5. The second kappa shape index (κ2) is 6.20. The molecule has 0 spiro atoms. The van der Waals surface area contributed by atoms with E-state index in [-0.39, 0.29) is 0 Å². The van der Waals surface area contributed by atoms with Crippen LogP contribution < -0.4 is 4.74 Å². The summed E-state index contributed by atoms with van der Waals surface area (Å²) in [4.78, 5) is 0. The zero-order valence-electron chi connectivity index (χ0n) is 14.4. The van der Waals surface area contributed by atoms with Crippen LogP contribution in [0.25, 0.3) is 22.3 Å². The van der Waals surface area contributed by atoms with Crippen molar-refractivity contribution in [2.45, 2.75) is 6.42 Å². The molecule has 124 valence electrons. The van der Waals surface area contributed by atoms with Gasteiger partial charge in [0.05, 0.1) is 0 Å². The van der Waals surface area contributed by atoms with Crippen molar-refractivity contribution in [2.75, 3.05) is 0 Å². The van der Waals surface area contributed by atoms with Crippen molar-refractivity contribution < 1.29 is 4.74 Å². The third kappa shape index (κ3) is 2.49. The minimum atomic E-state index is 0.856. The highest BCUT2D eigenvalue weighted by molar-refractivity contribution is 5.91. The zero-order valence-corrected chi connectivity index (χ0v) is 14.4. The molecule has 0 aliphatic carbocycles. The van der Waals surface area contributed by atoms with E-state index in [2.05, 4.69) is 91.0 Å². The predicted octanol–water partition coefficient (Wildman–Crippen LogP) is 6.72. The summed E-state index contributed by atoms with van der Waals surface area (Å²) in [5, 5.41) is 0. The third-order valence-electron chi connectivity index (χ3n) is 4.94. The minimum absolute atomic E-state index is 0.856. The highest BCUT2D eigenvalue weighted by Gasteiger charge is 2.22. The van der Waals surface area contributed by atoms with Gasteiger partial charge >= 0.3 is 0 Å². The number of hydrogen-bond acceptors (Lipinski definition) is 1. The monoisotopic (exact) mass is 334 g/mol. The molecule has 0 bridgehead atoms. The van der Waals surface area contributed by atoms with Gasteiger partial charge in [-0.1, -0.05) is 91.0 Å². The van der Waals surface area contributed by atoms with Gasteiger partial charge in [0.2, 0.25) is 0 Å². The fraction of sp³-hybridized carbons (Fsp3) is 0.0400. The first-order valence-corrected chi connectivity index (χ1v) is 8.92. The molecule has 1 aliphatic rings. The summed E-state index contributed by atoms with van der Waals surface area (Å²) in [7, 11) is 0. The zero-order chi connectivity index (χ0) is 17.3. The molecule has 0 N–H and O–H groups in total. The van der Waals surface area contributed by atoms with Crippen molar-refractivity contribution >= 4 is 0 Å². The lowest BCUT2D eigenvalue weighted by Gasteiger charge is -2.14. The van der Waals surface area contributed by atoms with Crippen molar-refractivity contribution in [3.8, 4) is 33.8 Å². The molecule has 0 aromatic heterocycles. The predicted molar refractivity (Wildman–Crippen MR) is 107 cm³/mol. The summed E-state index contributed by atoms with van der Waals surface area (Å²) >= 11 is 0. The van der Waals surface area contributed by atoms with Crippen LogP contribution in [-0.4, -0.2) is 0 Å². The molecule has 0 amide bonds. The van der Waals surface area contributed by atoms with E-state index in [1.807, 2.05) is 6.07 Å². The Morgan fingerprint density at radius 3 is 1.92 bits per heavy atom. The van der Waals surface area contributed by atoms with Crippen molar-refractivity contribution in [3.05, 3.63) is 108 Å². The molecule has 4 aromatic rings. The van der Waals surface area contributed by atoms with Crippen molar-refractivity contribution in [3.63, 3.8) is 0 Å². The van der Waals surface area contributed by atoms with Gasteiger partial charge in [0.15, 0.2) is 0 Å². The first-order valence-electron chi connectivity index (χ1n) is 8.92. The Hall–Kier alpha value is -3.32. The Bertz CT molecular complexity index is 1080. The Morgan fingerprint density at radius 1 is 0.500 bits per heavy atom. The molecular formula is C25H18O. The smallest absolute Gasteiger partial charge is 0.138 e. The fourth-order valence-electron chi connectivity index (χ4n) is 3.71. The molecule has 1 nitrogen and oxygen atoms in total. The minimum Gasteiger partial charge on any atom is -0.456 e. The molecule has 0 saturated carbocycles. The van der Waals surface area contributed by atoms with Gasteiger partial charge in [0.1, 0.15) is 11.5 Å². The highest BCUT2D eigenvalue weighted by Crippen LogP contribution is 2.47. The maximum absolute atomic E-state index is 6.49. The first kappa shape index (κ1) is 15.0. The van der Waals surface area contributed by atoms with Crippen LogP contribution >= 0.6 is 0 Å². The molecule has 0 atom stereocenters. The standard InChI is InChI=1S/C25H18O/c1-2-9-18(10-3-1)17-19-11-8-15-23-21-13-5-4-12-20(21)22-14-6-7-16-24(22)26-25(19)23/h1-16H,17H2. The first-order chi connectivity index (χ1) is 12.9. The van der Waals surface area contributed by atoms with Gasteiger partial charge < -0.3 is 4.74 Å². The fourth-order valence-corrected chi connectivity index (χ4v) is 3.71. The van der Waals surface area contributed by atoms with Crippen molar-refractivity contribution in [1.82, 2.24) is 0 Å². The van der Waals surface area contributed by atoms with Crippen LogP contribution in [0.5, 0.6) is 11.5 Å². The SMILES string of the molecule is c1ccc(Cc2cccc3c2Oc2ccccc2-c2ccccc2-3)cc1. The number of ether oxygens (including phenoxy) is 1. The molecule has 1 heterocycles. The molecule has 4 aromatic carbocycles. The molecule has 0 saturated heterocycles. The van der Waals surface area contributed by atoms with Crippen LogP contribution in [0.15, 0.2) is 97.1 Å². The average Bonchev–Trinajstić information content (AvgIpc) is 2.84. The topological polar surface area (TPSA) is 9.23 Å². The van der Waals surface area contributed by atoms with Gasteiger partial charge in [0, 0.05) is 17.5 Å². The van der Waals surface area contributed by atoms with Crippen LogP contribution in [0.1, 0.15) is 11.1 Å². The maximum Gasteiger partial charge on any atom is 0.138 e. The Morgan fingerprint density at radius 2 is 1.12 bits per heavy atom. The number of hydrogen-bond donors (Lipinski definition) is 0. The Kier molecular flexibility index (Phi) is 3.57. The number of benzene rings is 4. The van der Waals surface area contributed by atoms with E-state index in [9.17, 15) is 0 Å². The van der Waals surface area contributed by atoms with Crippen LogP contribution in [0.4, 0.5) is 0 Å². The molecular weight excluding hydrogens is 316 g/mol. The van der Waals surface area contributed by atoms with Gasteiger partial charge in [-0.3, -0.25) is 0 Å². The highest BCUT2D eigenvalue weighted by atomic mass is 16.5. The van der Waals surface area contributed by atoms with E-state index in [0.29, 0.717) is 0 Å². The Balaban J connectivity index is 1.74. The lowest BCUT2D eigenvalue weighted by atomic mass is 9.93. The molecule has 0 unspecified atom stereocenters. The van der Waals surface area contributed by atoms with Gasteiger partial charge in [-0.05, 0) is 28.3 Å². The van der Waals surface area contributed by atoms with Crippen LogP contribution in [-0.2, 0) is 6.42 Å². The largest absolute Gasteiger partial charge is 0.456 e. The van der Waals surface area contributed by atoms with Crippen LogP contribution in [0.2, 0.25) is 0 Å². The van der Waals surface area contributed by atoms with Gasteiger partial charge in [0.25, 0.3) is 0 Å². The summed E-state index contributed by atoms with van der Waals surface area (Å²) in [6.45, 7) is 0. The van der Waals surface area contributed by atoms with Crippen LogP contribution in [0, 0.1) is 0 Å². The van der Waals surface area contributed by atoms with E-state index < -0.39 is 0 Å². The van der Waals surface area contributed by atoms with E-state index in [1.54, 1.807) is 0 Å². The maximum atomic E-state index is 6.49. The quantitative estimate of drug-likeness (QED) is 0.348. The summed E-state index contributed by atoms with van der Waals surface area (Å²) in [6.07, 6.45) is 0.856. The third-order valence-corrected chi connectivity index (χ3v) is 4.94. The molecule has 1 heteroatoms. The lowest BCUT2D eigenvalue weighted by molar-refractivity contribution is 0.482. The number of para-hydroxylation sites is 2. The van der Waals surface area contributed by atoms with E-state index in [1.165, 1.54) is 22.3 Å². The average molecular weight is 334 g/mol. The van der Waals surface area contributed by atoms with E-state index in [4.69, 9.17) is 4.74 Å². The van der Waals surface area contributed by atoms with Gasteiger partial charge in [-0.15, -0.1) is 0 Å². The summed E-state index contributed by atoms with van der Waals surface area (Å²) < 4.78 is 6.49. The summed E-state index contributed by atoms with van der Waals surface area (Å²) in [6, 6.07) is 33.9. The molecule has 1 aliphatic heterocycles. The summed E-state index contributed by atoms with van der Waals surface area (Å²) in [5.41, 5.74) is 7.24. The van der Waals surface area contributed by atoms with E-state index in [0.717, 1.165) is 29.0 Å². The number of rotatable bonds is 2. The second-order valence-corrected chi connectivity index (χ2v) is 6.60. The van der Waals surface area contributed by atoms with E-state index >= 15 is 0 Å². The molecule has 0 radical (unpaired) electrons. The normalized spacial score (nSPS) is 11.5. The molecule has 26 heavy (non-hydrogen) atoms.